The smallest absolute Gasteiger partial charge is 0.319 e. The van der Waals surface area contributed by atoms with Gasteiger partial charge in [-0.3, -0.25) is 14.9 Å². The van der Waals surface area contributed by atoms with Gasteiger partial charge in [0.05, 0.1) is 18.9 Å². The summed E-state index contributed by atoms with van der Waals surface area (Å²) < 4.78 is 5.39. The van der Waals surface area contributed by atoms with Crippen molar-refractivity contribution < 1.29 is 9.53 Å². The van der Waals surface area contributed by atoms with E-state index in [9.17, 15) is 4.79 Å². The quantitative estimate of drug-likeness (QED) is 0.829. The van der Waals surface area contributed by atoms with E-state index in [1.54, 1.807) is 18.6 Å². The number of para-hydroxylation sites is 1. The van der Waals surface area contributed by atoms with Crippen LogP contribution < -0.4 is 10.6 Å². The zero-order valence-electron chi connectivity index (χ0n) is 15.0. The summed E-state index contributed by atoms with van der Waals surface area (Å²) in [6.07, 6.45) is 5.65. The van der Waals surface area contributed by atoms with Crippen LogP contribution in [0.3, 0.4) is 0 Å². The molecule has 0 saturated carbocycles. The topological polar surface area (TPSA) is 79.4 Å². The molecule has 2 heterocycles. The summed E-state index contributed by atoms with van der Waals surface area (Å²) >= 11 is 0. The molecule has 3 rings (SSSR count). The SMILES string of the molecule is CC(Cc1cnccn1)NC(=O)Nc1ccccc1CN1CCOCC1. The molecule has 0 radical (unpaired) electrons. The van der Waals surface area contributed by atoms with Crippen molar-refractivity contribution in [1.29, 1.82) is 0 Å². The van der Waals surface area contributed by atoms with Crippen LogP contribution in [0.5, 0.6) is 0 Å². The predicted octanol–water partition coefficient (Wildman–Crippen LogP) is 2.06. The van der Waals surface area contributed by atoms with E-state index in [0.29, 0.717) is 6.42 Å². The Balaban J connectivity index is 1.55. The van der Waals surface area contributed by atoms with Gasteiger partial charge in [0.2, 0.25) is 0 Å². The highest BCUT2D eigenvalue weighted by Crippen LogP contribution is 2.18. The number of urea groups is 1. The Morgan fingerprint density at radius 2 is 2.08 bits per heavy atom. The van der Waals surface area contributed by atoms with Crippen molar-refractivity contribution in [2.24, 2.45) is 0 Å². The van der Waals surface area contributed by atoms with Crippen LogP contribution in [0, 0.1) is 0 Å². The molecule has 2 N–H and O–H groups in total. The average molecular weight is 355 g/mol. The molecule has 1 saturated heterocycles. The number of morpholine rings is 1. The third kappa shape index (κ3) is 5.50. The number of benzene rings is 1. The second kappa shape index (κ2) is 9.26. The van der Waals surface area contributed by atoms with Crippen molar-refractivity contribution in [1.82, 2.24) is 20.2 Å². The van der Waals surface area contributed by atoms with Crippen LogP contribution >= 0.6 is 0 Å². The first-order valence-electron chi connectivity index (χ1n) is 8.91. The molecule has 2 amide bonds. The molecule has 7 heteroatoms. The van der Waals surface area contributed by atoms with E-state index in [1.807, 2.05) is 31.2 Å². The molecule has 1 atom stereocenters. The van der Waals surface area contributed by atoms with Gasteiger partial charge < -0.3 is 15.4 Å². The van der Waals surface area contributed by atoms with Crippen LogP contribution in [0.15, 0.2) is 42.9 Å². The first-order chi connectivity index (χ1) is 12.7. The molecule has 2 aromatic rings. The van der Waals surface area contributed by atoms with Gasteiger partial charge in [-0.05, 0) is 18.6 Å². The van der Waals surface area contributed by atoms with Crippen LogP contribution in [0.4, 0.5) is 10.5 Å². The van der Waals surface area contributed by atoms with Gasteiger partial charge in [0.1, 0.15) is 0 Å². The lowest BCUT2D eigenvalue weighted by atomic mass is 10.1. The van der Waals surface area contributed by atoms with Crippen LogP contribution in [0.1, 0.15) is 18.2 Å². The Morgan fingerprint density at radius 1 is 1.27 bits per heavy atom. The average Bonchev–Trinajstić information content (AvgIpc) is 2.65. The number of carbonyl (C=O) groups excluding carboxylic acids is 1. The zero-order chi connectivity index (χ0) is 18.2. The molecule has 1 fully saturated rings. The number of aromatic nitrogens is 2. The minimum absolute atomic E-state index is 0.0434. The number of hydrogen-bond donors (Lipinski definition) is 2. The summed E-state index contributed by atoms with van der Waals surface area (Å²) in [6.45, 7) is 6.10. The number of rotatable bonds is 6. The second-order valence-corrected chi connectivity index (χ2v) is 6.45. The Hall–Kier alpha value is -2.51. The maximum Gasteiger partial charge on any atom is 0.319 e. The summed E-state index contributed by atoms with van der Waals surface area (Å²) in [5, 5.41) is 5.93. The molecule has 0 bridgehead atoms. The van der Waals surface area contributed by atoms with Crippen LogP contribution in [-0.4, -0.2) is 53.2 Å². The van der Waals surface area contributed by atoms with Crippen molar-refractivity contribution in [3.8, 4) is 0 Å². The van der Waals surface area contributed by atoms with E-state index >= 15 is 0 Å². The summed E-state index contributed by atoms with van der Waals surface area (Å²) in [6, 6.07) is 7.65. The van der Waals surface area contributed by atoms with Crippen molar-refractivity contribution >= 4 is 11.7 Å². The van der Waals surface area contributed by atoms with E-state index in [1.165, 1.54) is 0 Å². The van der Waals surface area contributed by atoms with Gasteiger partial charge >= 0.3 is 6.03 Å². The molecule has 1 aromatic carbocycles. The van der Waals surface area contributed by atoms with Gasteiger partial charge in [-0.1, -0.05) is 18.2 Å². The molecule has 0 aliphatic carbocycles. The normalized spacial score (nSPS) is 16.0. The first kappa shape index (κ1) is 18.3. The van der Waals surface area contributed by atoms with E-state index in [2.05, 4.69) is 25.5 Å². The predicted molar refractivity (Wildman–Crippen MR) is 99.9 cm³/mol. The third-order valence-corrected chi connectivity index (χ3v) is 4.27. The minimum atomic E-state index is -0.212. The second-order valence-electron chi connectivity index (χ2n) is 6.45. The van der Waals surface area contributed by atoms with Crippen LogP contribution in [0.25, 0.3) is 0 Å². The molecule has 1 aliphatic heterocycles. The summed E-state index contributed by atoms with van der Waals surface area (Å²) in [7, 11) is 0. The lowest BCUT2D eigenvalue weighted by Crippen LogP contribution is -2.38. The number of anilines is 1. The van der Waals surface area contributed by atoms with E-state index in [0.717, 1.165) is 49.8 Å². The Kier molecular flexibility index (Phi) is 6.51. The van der Waals surface area contributed by atoms with Gasteiger partial charge in [0, 0.05) is 56.4 Å². The van der Waals surface area contributed by atoms with Crippen LogP contribution in [0.2, 0.25) is 0 Å². The minimum Gasteiger partial charge on any atom is -0.379 e. The molecular weight excluding hydrogens is 330 g/mol. The summed E-state index contributed by atoms with van der Waals surface area (Å²) in [5.74, 6) is 0. The van der Waals surface area contributed by atoms with Gasteiger partial charge in [-0.25, -0.2) is 4.79 Å². The molecular formula is C19H25N5O2. The van der Waals surface area contributed by atoms with E-state index in [4.69, 9.17) is 4.74 Å². The highest BCUT2D eigenvalue weighted by Gasteiger charge is 2.14. The van der Waals surface area contributed by atoms with Crippen molar-refractivity contribution in [2.45, 2.75) is 25.9 Å². The van der Waals surface area contributed by atoms with Gasteiger partial charge in [0.15, 0.2) is 0 Å². The molecule has 1 aromatic heterocycles. The number of hydrogen-bond acceptors (Lipinski definition) is 5. The first-order valence-corrected chi connectivity index (χ1v) is 8.91. The monoisotopic (exact) mass is 355 g/mol. The molecule has 138 valence electrons. The van der Waals surface area contributed by atoms with Gasteiger partial charge in [0.25, 0.3) is 0 Å². The van der Waals surface area contributed by atoms with Crippen molar-refractivity contribution in [2.75, 3.05) is 31.6 Å². The van der Waals surface area contributed by atoms with Crippen molar-refractivity contribution in [3.05, 3.63) is 54.1 Å². The number of nitrogens with zero attached hydrogens (tertiary/aromatic N) is 3. The fourth-order valence-corrected chi connectivity index (χ4v) is 2.96. The largest absolute Gasteiger partial charge is 0.379 e. The lowest BCUT2D eigenvalue weighted by Gasteiger charge is -2.27. The zero-order valence-corrected chi connectivity index (χ0v) is 15.0. The highest BCUT2D eigenvalue weighted by atomic mass is 16.5. The lowest BCUT2D eigenvalue weighted by molar-refractivity contribution is 0.0343. The number of nitrogens with one attached hydrogen (secondary N) is 2. The standard InChI is InChI=1S/C19H25N5O2/c1-15(12-17-13-20-6-7-21-17)22-19(25)23-18-5-3-2-4-16(18)14-24-8-10-26-11-9-24/h2-7,13,15H,8-12,14H2,1H3,(H2,22,23,25). The van der Waals surface area contributed by atoms with Gasteiger partial charge in [-0.15, -0.1) is 0 Å². The van der Waals surface area contributed by atoms with E-state index in [-0.39, 0.29) is 12.1 Å². The maximum atomic E-state index is 12.4. The third-order valence-electron chi connectivity index (χ3n) is 4.27. The number of amides is 2. The maximum absolute atomic E-state index is 12.4. The molecule has 1 aliphatic rings. The fraction of sp³-hybridized carbons (Fsp3) is 0.421. The Labute approximate surface area is 153 Å². The molecule has 0 spiro atoms. The number of ether oxygens (including phenoxy) is 1. The summed E-state index contributed by atoms with van der Waals surface area (Å²) in [5.41, 5.74) is 2.79. The molecule has 26 heavy (non-hydrogen) atoms. The Bertz CT molecular complexity index is 704. The Morgan fingerprint density at radius 3 is 2.85 bits per heavy atom. The van der Waals surface area contributed by atoms with Gasteiger partial charge in [-0.2, -0.15) is 0 Å². The van der Waals surface area contributed by atoms with Crippen LogP contribution in [-0.2, 0) is 17.7 Å². The highest BCUT2D eigenvalue weighted by molar-refractivity contribution is 5.90. The molecule has 7 nitrogen and oxygen atoms in total. The number of carbonyl (C=O) groups is 1. The fourth-order valence-electron chi connectivity index (χ4n) is 2.96. The summed E-state index contributed by atoms with van der Waals surface area (Å²) in [4.78, 5) is 23.0. The van der Waals surface area contributed by atoms with Crippen molar-refractivity contribution in [3.63, 3.8) is 0 Å². The molecule has 1 unspecified atom stereocenters. The van der Waals surface area contributed by atoms with E-state index < -0.39 is 0 Å².